The molecule has 0 amide bonds. The lowest BCUT2D eigenvalue weighted by Gasteiger charge is -2.43. The number of hydrogen-bond acceptors (Lipinski definition) is 3. The summed E-state index contributed by atoms with van der Waals surface area (Å²) in [4.78, 5) is 2.79. The highest BCUT2D eigenvalue weighted by atomic mass is 32.1. The van der Waals surface area contributed by atoms with Crippen molar-refractivity contribution in [1.82, 2.24) is 10.2 Å². The average molecular weight is 307 g/mol. The lowest BCUT2D eigenvalue weighted by Crippen LogP contribution is -2.46. The summed E-state index contributed by atoms with van der Waals surface area (Å²) in [6, 6.07) is 3.16. The van der Waals surface area contributed by atoms with Gasteiger partial charge in [-0.2, -0.15) is 11.3 Å². The third-order valence-electron chi connectivity index (χ3n) is 5.30. The monoisotopic (exact) mass is 306 g/mol. The van der Waals surface area contributed by atoms with Gasteiger partial charge in [-0.15, -0.1) is 0 Å². The van der Waals surface area contributed by atoms with Gasteiger partial charge in [0.25, 0.3) is 0 Å². The van der Waals surface area contributed by atoms with Gasteiger partial charge in [0.05, 0.1) is 0 Å². The van der Waals surface area contributed by atoms with Crippen molar-refractivity contribution in [1.29, 1.82) is 0 Å². The third kappa shape index (κ3) is 4.08. The van der Waals surface area contributed by atoms with Crippen molar-refractivity contribution >= 4 is 11.3 Å². The second-order valence-electron chi connectivity index (χ2n) is 7.50. The van der Waals surface area contributed by atoms with Crippen molar-refractivity contribution < 1.29 is 0 Å². The zero-order valence-electron chi connectivity index (χ0n) is 13.6. The van der Waals surface area contributed by atoms with E-state index in [0.717, 1.165) is 18.5 Å². The maximum Gasteiger partial charge on any atom is 0.0245 e. The molecule has 0 saturated heterocycles. The molecule has 118 valence electrons. The van der Waals surface area contributed by atoms with Crippen LogP contribution in [-0.4, -0.2) is 31.1 Å². The molecule has 0 spiro atoms. The largest absolute Gasteiger partial charge is 0.319 e. The standard InChI is InChI=1S/C18H30N2S/c1-15-4-3-8-18(10-15,13-19-2)14-20(17-5-6-17)11-16-7-9-21-12-16/h7,9,12,15,17,19H,3-6,8,10-11,13-14H2,1-2H3. The van der Waals surface area contributed by atoms with Crippen molar-refractivity contribution in [2.45, 2.75) is 58.0 Å². The van der Waals surface area contributed by atoms with Crippen LogP contribution < -0.4 is 5.32 Å². The van der Waals surface area contributed by atoms with Gasteiger partial charge >= 0.3 is 0 Å². The molecule has 2 fully saturated rings. The molecule has 21 heavy (non-hydrogen) atoms. The second kappa shape index (κ2) is 6.80. The van der Waals surface area contributed by atoms with Crippen molar-refractivity contribution in [2.75, 3.05) is 20.1 Å². The van der Waals surface area contributed by atoms with E-state index in [0.29, 0.717) is 5.41 Å². The molecular weight excluding hydrogens is 276 g/mol. The van der Waals surface area contributed by atoms with Gasteiger partial charge in [0.2, 0.25) is 0 Å². The fraction of sp³-hybridized carbons (Fsp3) is 0.778. The van der Waals surface area contributed by atoms with Crippen molar-refractivity contribution in [3.8, 4) is 0 Å². The van der Waals surface area contributed by atoms with Crippen molar-refractivity contribution in [2.24, 2.45) is 11.3 Å². The Labute approximate surface area is 133 Å². The first-order valence-corrected chi connectivity index (χ1v) is 9.55. The summed E-state index contributed by atoms with van der Waals surface area (Å²) < 4.78 is 0. The van der Waals surface area contributed by atoms with Gasteiger partial charge < -0.3 is 5.32 Å². The molecule has 2 nitrogen and oxygen atoms in total. The van der Waals surface area contributed by atoms with Crippen LogP contribution in [0.15, 0.2) is 16.8 Å². The van der Waals surface area contributed by atoms with Gasteiger partial charge in [-0.25, -0.2) is 0 Å². The summed E-state index contributed by atoms with van der Waals surface area (Å²) in [7, 11) is 2.13. The van der Waals surface area contributed by atoms with Crippen molar-refractivity contribution in [3.05, 3.63) is 22.4 Å². The Morgan fingerprint density at radius 1 is 1.38 bits per heavy atom. The summed E-state index contributed by atoms with van der Waals surface area (Å²) in [6.07, 6.45) is 8.48. The molecule has 1 heterocycles. The molecule has 2 atom stereocenters. The molecule has 0 aliphatic heterocycles. The summed E-state index contributed by atoms with van der Waals surface area (Å²) in [5, 5.41) is 8.04. The molecule has 3 heteroatoms. The van der Waals surface area contributed by atoms with Crippen LogP contribution in [0.4, 0.5) is 0 Å². The number of thiophene rings is 1. The highest BCUT2D eigenvalue weighted by molar-refractivity contribution is 7.07. The molecule has 0 aromatic carbocycles. The SMILES string of the molecule is CNCC1(CN(Cc2ccsc2)C2CC2)CCCC(C)C1. The molecule has 1 N–H and O–H groups in total. The Bertz CT molecular complexity index is 422. The highest BCUT2D eigenvalue weighted by Gasteiger charge is 2.39. The highest BCUT2D eigenvalue weighted by Crippen LogP contribution is 2.42. The van der Waals surface area contributed by atoms with Crippen LogP contribution in [0, 0.1) is 11.3 Å². The predicted octanol–water partition coefficient (Wildman–Crippen LogP) is 4.13. The van der Waals surface area contributed by atoms with E-state index in [-0.39, 0.29) is 0 Å². The van der Waals surface area contributed by atoms with Crippen LogP contribution in [-0.2, 0) is 6.54 Å². The normalized spacial score (nSPS) is 30.0. The quantitative estimate of drug-likeness (QED) is 0.815. The smallest absolute Gasteiger partial charge is 0.0245 e. The molecule has 1 aromatic heterocycles. The van der Waals surface area contributed by atoms with Crippen LogP contribution in [0.5, 0.6) is 0 Å². The van der Waals surface area contributed by atoms with Crippen LogP contribution in [0.2, 0.25) is 0 Å². The van der Waals surface area contributed by atoms with Gasteiger partial charge in [0.15, 0.2) is 0 Å². The minimum absolute atomic E-state index is 0.505. The molecule has 1 aromatic rings. The first-order chi connectivity index (χ1) is 10.2. The lowest BCUT2D eigenvalue weighted by molar-refractivity contribution is 0.0738. The number of hydrogen-bond donors (Lipinski definition) is 1. The van der Waals surface area contributed by atoms with E-state index in [1.807, 2.05) is 11.3 Å². The van der Waals surface area contributed by atoms with Crippen LogP contribution in [0.1, 0.15) is 51.0 Å². The lowest BCUT2D eigenvalue weighted by atomic mass is 9.69. The van der Waals surface area contributed by atoms with Gasteiger partial charge in [0, 0.05) is 25.7 Å². The number of rotatable bonds is 7. The molecule has 3 rings (SSSR count). The average Bonchev–Trinajstić information content (AvgIpc) is 3.17. The summed E-state index contributed by atoms with van der Waals surface area (Å²) in [5.74, 6) is 0.898. The Hall–Kier alpha value is -0.380. The molecule has 0 radical (unpaired) electrons. The van der Waals surface area contributed by atoms with E-state index in [1.165, 1.54) is 57.2 Å². The Morgan fingerprint density at radius 2 is 2.24 bits per heavy atom. The van der Waals surface area contributed by atoms with E-state index < -0.39 is 0 Å². The first kappa shape index (κ1) is 15.5. The van der Waals surface area contributed by atoms with E-state index >= 15 is 0 Å². The molecular formula is C18H30N2S. The van der Waals surface area contributed by atoms with E-state index in [2.05, 4.69) is 41.0 Å². The zero-order valence-corrected chi connectivity index (χ0v) is 14.4. The summed E-state index contributed by atoms with van der Waals surface area (Å²) in [6.45, 7) is 6.08. The maximum atomic E-state index is 3.50. The zero-order chi connectivity index (χ0) is 14.7. The van der Waals surface area contributed by atoms with Gasteiger partial charge in [0.1, 0.15) is 0 Å². The van der Waals surface area contributed by atoms with E-state index in [9.17, 15) is 0 Å². The van der Waals surface area contributed by atoms with E-state index in [1.54, 1.807) is 0 Å². The summed E-state index contributed by atoms with van der Waals surface area (Å²) >= 11 is 1.83. The number of nitrogens with zero attached hydrogens (tertiary/aromatic N) is 1. The van der Waals surface area contributed by atoms with Crippen LogP contribution in [0.25, 0.3) is 0 Å². The Kier molecular flexibility index (Phi) is 5.03. The fourth-order valence-corrected chi connectivity index (χ4v) is 4.97. The van der Waals surface area contributed by atoms with Crippen LogP contribution >= 0.6 is 11.3 Å². The molecule has 2 aliphatic rings. The Balaban J connectivity index is 1.69. The van der Waals surface area contributed by atoms with Crippen LogP contribution in [0.3, 0.4) is 0 Å². The fourth-order valence-electron chi connectivity index (χ4n) is 4.31. The molecule has 2 saturated carbocycles. The summed E-state index contributed by atoms with van der Waals surface area (Å²) in [5.41, 5.74) is 2.01. The third-order valence-corrected chi connectivity index (χ3v) is 6.04. The molecule has 0 bridgehead atoms. The van der Waals surface area contributed by atoms with Crippen molar-refractivity contribution in [3.63, 3.8) is 0 Å². The Morgan fingerprint density at radius 3 is 2.86 bits per heavy atom. The minimum Gasteiger partial charge on any atom is -0.319 e. The topological polar surface area (TPSA) is 15.3 Å². The van der Waals surface area contributed by atoms with Gasteiger partial charge in [-0.05, 0) is 66.5 Å². The number of nitrogens with one attached hydrogen (secondary N) is 1. The van der Waals surface area contributed by atoms with E-state index in [4.69, 9.17) is 0 Å². The maximum absolute atomic E-state index is 3.50. The first-order valence-electron chi connectivity index (χ1n) is 8.60. The molecule has 2 unspecified atom stereocenters. The predicted molar refractivity (Wildman–Crippen MR) is 91.7 cm³/mol. The minimum atomic E-state index is 0.505. The molecule has 2 aliphatic carbocycles. The van der Waals surface area contributed by atoms with Gasteiger partial charge in [-0.1, -0.05) is 19.8 Å². The second-order valence-corrected chi connectivity index (χ2v) is 8.28. The van der Waals surface area contributed by atoms with Gasteiger partial charge in [-0.3, -0.25) is 4.90 Å².